The molecule has 2 N–H and O–H groups in total. The number of carbonyl (C=O) groups excluding carboxylic acids is 1. The van der Waals surface area contributed by atoms with E-state index in [2.05, 4.69) is 18.3 Å². The number of nitrogens with one attached hydrogen (secondary N) is 1. The maximum atomic E-state index is 12.9. The van der Waals surface area contributed by atoms with Crippen molar-refractivity contribution >= 4 is 41.4 Å². The Bertz CT molecular complexity index is 1550. The highest BCUT2D eigenvalue weighted by Gasteiger charge is 2.25. The molecule has 8 nitrogen and oxygen atoms in total. The number of esters is 1. The first-order valence-electron chi connectivity index (χ1n) is 13.4. The average molecular weight is 599 g/mol. The molecule has 0 fully saturated rings. The number of hydrogen-bond acceptors (Lipinski definition) is 7. The molecule has 0 bridgehead atoms. The van der Waals surface area contributed by atoms with E-state index in [0.717, 1.165) is 34.0 Å². The monoisotopic (exact) mass is 598 g/mol. The Morgan fingerprint density at radius 3 is 2.49 bits per heavy atom. The van der Waals surface area contributed by atoms with Gasteiger partial charge in [0.25, 0.3) is 0 Å². The van der Waals surface area contributed by atoms with Crippen LogP contribution in [-0.4, -0.2) is 49.1 Å². The zero-order valence-corrected chi connectivity index (χ0v) is 25.3. The van der Waals surface area contributed by atoms with Gasteiger partial charge in [-0.3, -0.25) is 4.57 Å². The van der Waals surface area contributed by atoms with Gasteiger partial charge in [-0.2, -0.15) is 0 Å². The minimum Gasteiger partial charge on any atom is -0.461 e. The fourth-order valence-corrected chi connectivity index (χ4v) is 6.22. The molecule has 1 aromatic heterocycles. The molecule has 0 radical (unpaired) electrons. The third-order valence-electron chi connectivity index (χ3n) is 6.93. The lowest BCUT2D eigenvalue weighted by molar-refractivity contribution is 0.0515. The Hall–Kier alpha value is -2.97. The molecule has 0 saturated carbocycles. The normalized spacial score (nSPS) is 13.3. The second kappa shape index (κ2) is 13.8. The number of nitrogens with zero attached hydrogens (tertiary/aromatic N) is 1. The van der Waals surface area contributed by atoms with E-state index in [4.69, 9.17) is 25.4 Å². The Morgan fingerprint density at radius 1 is 1.02 bits per heavy atom. The highest BCUT2D eigenvalue weighted by Crippen LogP contribution is 2.45. The number of aromatic nitrogens is 1. The standard InChI is InChI=1S/C31H36ClN2O6P/c1-5-40-31(36)29-18-25-15-22(14-21(2)33-19-30(35)24-9-7-10-26(32)17-24)12-13-28(25)34(29)20-23-8-6-11-27(16-23)41(37,38-3)39-4/h6-13,15-18,21,30,33,35H,5,14,19-20H2,1-4H3/t21-,30-/m1/s1. The molecule has 10 heteroatoms. The van der Waals surface area contributed by atoms with Crippen molar-refractivity contribution in [2.24, 2.45) is 0 Å². The predicted octanol–water partition coefficient (Wildman–Crippen LogP) is 5.89. The minimum absolute atomic E-state index is 0.0906. The van der Waals surface area contributed by atoms with Gasteiger partial charge in [-0.1, -0.05) is 41.9 Å². The van der Waals surface area contributed by atoms with Gasteiger partial charge in [0, 0.05) is 49.3 Å². The van der Waals surface area contributed by atoms with Crippen LogP contribution in [-0.2, 0) is 31.3 Å². The second-order valence-corrected chi connectivity index (χ2v) is 12.5. The van der Waals surface area contributed by atoms with E-state index in [1.54, 1.807) is 37.3 Å². The van der Waals surface area contributed by atoms with Crippen LogP contribution < -0.4 is 10.6 Å². The molecule has 3 aromatic carbocycles. The predicted molar refractivity (Wildman–Crippen MR) is 162 cm³/mol. The molecule has 0 unspecified atom stereocenters. The van der Waals surface area contributed by atoms with Crippen molar-refractivity contribution in [3.63, 3.8) is 0 Å². The minimum atomic E-state index is -3.42. The maximum Gasteiger partial charge on any atom is 0.360 e. The van der Waals surface area contributed by atoms with Gasteiger partial charge in [0.2, 0.25) is 0 Å². The van der Waals surface area contributed by atoms with Gasteiger partial charge in [0.05, 0.1) is 18.0 Å². The first kappa shape index (κ1) is 31.0. The zero-order chi connectivity index (χ0) is 29.6. The number of benzene rings is 3. The largest absolute Gasteiger partial charge is 0.461 e. The van der Waals surface area contributed by atoms with E-state index in [0.29, 0.717) is 29.1 Å². The fourth-order valence-electron chi connectivity index (χ4n) is 4.86. The number of halogens is 1. The van der Waals surface area contributed by atoms with Crippen LogP contribution in [0.1, 0.15) is 47.1 Å². The third kappa shape index (κ3) is 7.46. The molecular weight excluding hydrogens is 563 g/mol. The number of aliphatic hydroxyl groups excluding tert-OH is 1. The van der Waals surface area contributed by atoms with Crippen LogP contribution in [0.5, 0.6) is 0 Å². The number of carbonyl (C=O) groups is 1. The average Bonchev–Trinajstić information content (AvgIpc) is 3.33. The quantitative estimate of drug-likeness (QED) is 0.146. The first-order chi connectivity index (χ1) is 19.7. The van der Waals surface area contributed by atoms with E-state index in [-0.39, 0.29) is 12.6 Å². The van der Waals surface area contributed by atoms with Crippen molar-refractivity contribution in [1.29, 1.82) is 0 Å². The summed E-state index contributed by atoms with van der Waals surface area (Å²) in [6.07, 6.45) is 0.0590. The summed E-state index contributed by atoms with van der Waals surface area (Å²) in [6, 6.07) is 22.4. The number of hydrogen-bond donors (Lipinski definition) is 2. The highest BCUT2D eigenvalue weighted by molar-refractivity contribution is 7.62. The van der Waals surface area contributed by atoms with Crippen LogP contribution in [0.15, 0.2) is 72.8 Å². The first-order valence-corrected chi connectivity index (χ1v) is 15.4. The van der Waals surface area contributed by atoms with Crippen LogP contribution in [0, 0.1) is 0 Å². The summed E-state index contributed by atoms with van der Waals surface area (Å²) in [5, 5.41) is 15.9. The van der Waals surface area contributed by atoms with Crippen molar-refractivity contribution in [2.75, 3.05) is 27.4 Å². The Morgan fingerprint density at radius 2 is 1.78 bits per heavy atom. The molecule has 0 amide bonds. The highest BCUT2D eigenvalue weighted by atomic mass is 35.5. The van der Waals surface area contributed by atoms with Gasteiger partial charge in [0.15, 0.2) is 0 Å². The molecule has 0 saturated heterocycles. The van der Waals surface area contributed by atoms with Crippen molar-refractivity contribution in [2.45, 2.75) is 39.0 Å². The lowest BCUT2D eigenvalue weighted by atomic mass is 10.0. The Kier molecular flexibility index (Phi) is 10.4. The Balaban J connectivity index is 1.55. The van der Waals surface area contributed by atoms with Gasteiger partial charge >= 0.3 is 13.6 Å². The lowest BCUT2D eigenvalue weighted by Crippen LogP contribution is -2.32. The summed E-state index contributed by atoms with van der Waals surface area (Å²) in [4.78, 5) is 12.9. The van der Waals surface area contributed by atoms with Crippen LogP contribution >= 0.6 is 19.2 Å². The van der Waals surface area contributed by atoms with Gasteiger partial charge in [0.1, 0.15) is 5.69 Å². The fraction of sp³-hybridized carbons (Fsp3) is 0.323. The van der Waals surface area contributed by atoms with Crippen molar-refractivity contribution in [3.8, 4) is 0 Å². The lowest BCUT2D eigenvalue weighted by Gasteiger charge is -2.18. The summed E-state index contributed by atoms with van der Waals surface area (Å²) in [5.74, 6) is -0.411. The van der Waals surface area contributed by atoms with Crippen LogP contribution in [0.2, 0.25) is 5.02 Å². The Labute approximate surface area is 245 Å². The molecule has 0 aliphatic rings. The topological polar surface area (TPSA) is 99.0 Å². The number of rotatable bonds is 13. The van der Waals surface area contributed by atoms with Gasteiger partial charge in [-0.05, 0) is 79.4 Å². The SMILES string of the molecule is CCOC(=O)c1cc2cc(C[C@@H](C)NC[C@@H](O)c3cccc(Cl)c3)ccc2n1Cc1cccc(P(=O)(OC)OC)c1. The third-order valence-corrected chi connectivity index (χ3v) is 9.04. The summed E-state index contributed by atoms with van der Waals surface area (Å²) in [7, 11) is -0.717. The van der Waals surface area contributed by atoms with Crippen LogP contribution in [0.3, 0.4) is 0 Å². The van der Waals surface area contributed by atoms with E-state index in [9.17, 15) is 14.5 Å². The number of ether oxygens (including phenoxy) is 1. The smallest absolute Gasteiger partial charge is 0.360 e. The van der Waals surface area contributed by atoms with Gasteiger partial charge in [-0.15, -0.1) is 0 Å². The number of fused-ring (bicyclic) bond motifs is 1. The molecule has 0 aliphatic heterocycles. The molecule has 4 aromatic rings. The van der Waals surface area contributed by atoms with Gasteiger partial charge < -0.3 is 28.8 Å². The molecular formula is C31H36ClN2O6P. The van der Waals surface area contributed by atoms with E-state index < -0.39 is 19.7 Å². The second-order valence-electron chi connectivity index (χ2n) is 9.85. The van der Waals surface area contributed by atoms with E-state index >= 15 is 0 Å². The molecule has 4 rings (SSSR count). The van der Waals surface area contributed by atoms with Crippen molar-refractivity contribution in [3.05, 3.63) is 100 Å². The van der Waals surface area contributed by atoms with Gasteiger partial charge in [-0.25, -0.2) is 4.79 Å². The summed E-state index contributed by atoms with van der Waals surface area (Å²) < 4.78 is 30.5. The molecule has 0 spiro atoms. The van der Waals surface area contributed by atoms with Crippen LogP contribution in [0.25, 0.3) is 10.9 Å². The molecule has 41 heavy (non-hydrogen) atoms. The summed E-state index contributed by atoms with van der Waals surface area (Å²) in [5.41, 5.74) is 4.00. The molecule has 2 atom stereocenters. The summed E-state index contributed by atoms with van der Waals surface area (Å²) in [6.45, 7) is 4.85. The maximum absolute atomic E-state index is 12.9. The molecule has 1 heterocycles. The number of aliphatic hydroxyl groups is 1. The molecule has 0 aliphatic carbocycles. The van der Waals surface area contributed by atoms with Crippen LogP contribution in [0.4, 0.5) is 0 Å². The van der Waals surface area contributed by atoms with Crippen molar-refractivity contribution < 1.29 is 28.3 Å². The molecule has 218 valence electrons. The summed E-state index contributed by atoms with van der Waals surface area (Å²) >= 11 is 6.06. The van der Waals surface area contributed by atoms with E-state index in [1.807, 2.05) is 41.0 Å². The van der Waals surface area contributed by atoms with Crippen molar-refractivity contribution in [1.82, 2.24) is 9.88 Å². The zero-order valence-electron chi connectivity index (χ0n) is 23.7. The van der Waals surface area contributed by atoms with E-state index in [1.165, 1.54) is 14.2 Å².